The summed E-state index contributed by atoms with van der Waals surface area (Å²) in [7, 11) is 1.53. The molecule has 1 amide bonds. The van der Waals surface area contributed by atoms with Crippen molar-refractivity contribution in [2.75, 3.05) is 20.2 Å². The van der Waals surface area contributed by atoms with Gasteiger partial charge in [0, 0.05) is 18.7 Å². The van der Waals surface area contributed by atoms with Gasteiger partial charge in [0.25, 0.3) is 0 Å². The Hall–Kier alpha value is -2.83. The van der Waals surface area contributed by atoms with Crippen molar-refractivity contribution < 1.29 is 19.0 Å². The molecule has 1 aliphatic heterocycles. The Morgan fingerprint density at radius 3 is 2.64 bits per heavy atom. The van der Waals surface area contributed by atoms with E-state index in [-0.39, 0.29) is 18.8 Å². The number of aromatic nitrogens is 2. The molecular formula is C18H21N3O4. The number of hydrogen-bond donors (Lipinski definition) is 0. The van der Waals surface area contributed by atoms with Gasteiger partial charge in [-0.15, -0.1) is 10.2 Å². The van der Waals surface area contributed by atoms with Crippen molar-refractivity contribution in [3.05, 3.63) is 48.0 Å². The molecule has 2 aromatic rings. The summed E-state index contributed by atoms with van der Waals surface area (Å²) in [6.07, 6.45) is 1.27. The van der Waals surface area contributed by atoms with E-state index in [4.69, 9.17) is 14.2 Å². The first-order valence-corrected chi connectivity index (χ1v) is 8.24. The van der Waals surface area contributed by atoms with Crippen LogP contribution in [0.5, 0.6) is 11.8 Å². The highest BCUT2D eigenvalue weighted by Crippen LogP contribution is 2.18. The quantitative estimate of drug-likeness (QED) is 0.831. The number of hydrogen-bond acceptors (Lipinski definition) is 6. The molecule has 3 rings (SSSR count). The number of likely N-dealkylation sites (tertiary alicyclic amines) is 1. The van der Waals surface area contributed by atoms with Crippen molar-refractivity contribution in [1.82, 2.24) is 15.1 Å². The smallest absolute Gasteiger partial charge is 0.410 e. The maximum Gasteiger partial charge on any atom is 0.410 e. The Balaban J connectivity index is 1.50. The van der Waals surface area contributed by atoms with Crippen LogP contribution in [0.15, 0.2) is 42.5 Å². The number of rotatable bonds is 5. The fourth-order valence-corrected chi connectivity index (χ4v) is 2.66. The van der Waals surface area contributed by atoms with Crippen molar-refractivity contribution in [3.63, 3.8) is 0 Å². The second-order valence-corrected chi connectivity index (χ2v) is 5.78. The minimum Gasteiger partial charge on any atom is -0.480 e. The van der Waals surface area contributed by atoms with Crippen molar-refractivity contribution in [2.45, 2.75) is 25.6 Å². The molecule has 1 saturated heterocycles. The number of carbonyl (C=O) groups is 1. The maximum atomic E-state index is 12.3. The van der Waals surface area contributed by atoms with E-state index in [9.17, 15) is 4.79 Å². The summed E-state index contributed by atoms with van der Waals surface area (Å²) in [5, 5.41) is 7.83. The van der Waals surface area contributed by atoms with Crippen LogP contribution in [0.3, 0.4) is 0 Å². The Bertz CT molecular complexity index is 678. The van der Waals surface area contributed by atoms with E-state index < -0.39 is 0 Å². The summed E-state index contributed by atoms with van der Waals surface area (Å²) >= 11 is 0. The van der Waals surface area contributed by atoms with E-state index in [1.54, 1.807) is 17.0 Å². The highest BCUT2D eigenvalue weighted by atomic mass is 16.6. The predicted octanol–water partition coefficient (Wildman–Crippen LogP) is 2.67. The molecule has 25 heavy (non-hydrogen) atoms. The number of carbonyl (C=O) groups excluding carboxylic acids is 1. The normalized spacial score (nSPS) is 17.0. The lowest BCUT2D eigenvalue weighted by molar-refractivity contribution is 0.0532. The van der Waals surface area contributed by atoms with Crippen LogP contribution in [0.1, 0.15) is 18.4 Å². The molecule has 0 aliphatic carbocycles. The average molecular weight is 343 g/mol. The van der Waals surface area contributed by atoms with Crippen molar-refractivity contribution in [1.29, 1.82) is 0 Å². The standard InChI is InChI=1S/C18H21N3O4/c1-23-16-9-10-17(20-19-16)25-15-8-5-11-21(12-15)18(22)24-13-14-6-3-2-4-7-14/h2-4,6-7,9-10,15H,5,8,11-13H2,1H3. The van der Waals surface area contributed by atoms with Crippen LogP contribution in [-0.4, -0.2) is 47.5 Å². The SMILES string of the molecule is COc1ccc(OC2CCCN(C(=O)OCc3ccccc3)C2)nn1. The van der Waals surface area contributed by atoms with Crippen LogP contribution >= 0.6 is 0 Å². The monoisotopic (exact) mass is 343 g/mol. The molecule has 1 aliphatic rings. The second kappa shape index (κ2) is 8.32. The van der Waals surface area contributed by atoms with Crippen molar-refractivity contribution in [2.24, 2.45) is 0 Å². The summed E-state index contributed by atoms with van der Waals surface area (Å²) in [6, 6.07) is 13.0. The fourth-order valence-electron chi connectivity index (χ4n) is 2.66. The predicted molar refractivity (Wildman–Crippen MR) is 90.4 cm³/mol. The third-order valence-corrected chi connectivity index (χ3v) is 3.95. The molecule has 7 heteroatoms. The largest absolute Gasteiger partial charge is 0.480 e. The Kier molecular flexibility index (Phi) is 5.66. The van der Waals surface area contributed by atoms with E-state index in [0.29, 0.717) is 24.8 Å². The molecule has 0 N–H and O–H groups in total. The van der Waals surface area contributed by atoms with Crippen LogP contribution in [0.2, 0.25) is 0 Å². The molecule has 0 saturated carbocycles. The average Bonchev–Trinajstić information content (AvgIpc) is 2.68. The van der Waals surface area contributed by atoms with Crippen molar-refractivity contribution in [3.8, 4) is 11.8 Å². The molecule has 1 aromatic carbocycles. The zero-order valence-electron chi connectivity index (χ0n) is 14.1. The van der Waals surface area contributed by atoms with E-state index in [2.05, 4.69) is 10.2 Å². The highest BCUT2D eigenvalue weighted by Gasteiger charge is 2.26. The van der Waals surface area contributed by atoms with Crippen LogP contribution in [-0.2, 0) is 11.3 Å². The van der Waals surface area contributed by atoms with Gasteiger partial charge >= 0.3 is 6.09 Å². The van der Waals surface area contributed by atoms with Crippen molar-refractivity contribution >= 4 is 6.09 Å². The molecule has 7 nitrogen and oxygen atoms in total. The minimum atomic E-state index is -0.321. The zero-order chi connectivity index (χ0) is 17.5. The van der Waals surface area contributed by atoms with Gasteiger partial charge in [-0.25, -0.2) is 4.79 Å². The fraction of sp³-hybridized carbons (Fsp3) is 0.389. The van der Waals surface area contributed by atoms with E-state index >= 15 is 0 Å². The Morgan fingerprint density at radius 1 is 1.16 bits per heavy atom. The molecule has 2 heterocycles. The van der Waals surface area contributed by atoms with Gasteiger partial charge in [-0.1, -0.05) is 30.3 Å². The summed E-state index contributed by atoms with van der Waals surface area (Å²) in [4.78, 5) is 13.9. The molecule has 1 unspecified atom stereocenters. The lowest BCUT2D eigenvalue weighted by Crippen LogP contribution is -2.44. The van der Waals surface area contributed by atoms with Crippen LogP contribution < -0.4 is 9.47 Å². The van der Waals surface area contributed by atoms with E-state index in [0.717, 1.165) is 18.4 Å². The summed E-state index contributed by atoms with van der Waals surface area (Å²) < 4.78 is 16.2. The summed E-state index contributed by atoms with van der Waals surface area (Å²) in [5.74, 6) is 0.854. The number of piperidine rings is 1. The van der Waals surface area contributed by atoms with Crippen LogP contribution in [0.4, 0.5) is 4.79 Å². The zero-order valence-corrected chi connectivity index (χ0v) is 14.1. The molecular weight excluding hydrogens is 322 g/mol. The van der Waals surface area contributed by atoms with Crippen LogP contribution in [0, 0.1) is 0 Å². The number of ether oxygens (including phenoxy) is 3. The summed E-state index contributed by atoms with van der Waals surface area (Å²) in [6.45, 7) is 1.41. The molecule has 0 spiro atoms. The first-order chi connectivity index (χ1) is 12.2. The van der Waals surface area contributed by atoms with Gasteiger partial charge in [0.2, 0.25) is 11.8 Å². The van der Waals surface area contributed by atoms with Crippen LogP contribution in [0.25, 0.3) is 0 Å². The molecule has 132 valence electrons. The molecule has 1 atom stereocenters. The summed E-state index contributed by atoms with van der Waals surface area (Å²) in [5.41, 5.74) is 0.967. The first-order valence-electron chi connectivity index (χ1n) is 8.24. The van der Waals surface area contributed by atoms with Gasteiger partial charge in [-0.3, -0.25) is 0 Å². The third kappa shape index (κ3) is 4.82. The highest BCUT2D eigenvalue weighted by molar-refractivity contribution is 5.67. The number of methoxy groups -OCH3 is 1. The van der Waals surface area contributed by atoms with Gasteiger partial charge in [0.1, 0.15) is 12.7 Å². The lowest BCUT2D eigenvalue weighted by atomic mass is 10.1. The molecule has 0 bridgehead atoms. The number of amides is 1. The Labute approximate surface area is 146 Å². The van der Waals surface area contributed by atoms with Gasteiger partial charge < -0.3 is 19.1 Å². The van der Waals surface area contributed by atoms with Gasteiger partial charge in [-0.05, 0) is 18.4 Å². The number of benzene rings is 1. The van der Waals surface area contributed by atoms with Gasteiger partial charge in [-0.2, -0.15) is 0 Å². The molecule has 1 fully saturated rings. The minimum absolute atomic E-state index is 0.124. The first kappa shape index (κ1) is 17.0. The third-order valence-electron chi connectivity index (χ3n) is 3.95. The lowest BCUT2D eigenvalue weighted by Gasteiger charge is -2.31. The van der Waals surface area contributed by atoms with Gasteiger partial charge in [0.15, 0.2) is 0 Å². The van der Waals surface area contributed by atoms with E-state index in [1.165, 1.54) is 7.11 Å². The van der Waals surface area contributed by atoms with E-state index in [1.807, 2.05) is 30.3 Å². The Morgan fingerprint density at radius 2 is 1.92 bits per heavy atom. The number of nitrogens with zero attached hydrogens (tertiary/aromatic N) is 3. The molecule has 0 radical (unpaired) electrons. The van der Waals surface area contributed by atoms with Gasteiger partial charge in [0.05, 0.1) is 13.7 Å². The maximum absolute atomic E-state index is 12.3. The second-order valence-electron chi connectivity index (χ2n) is 5.78. The topological polar surface area (TPSA) is 73.8 Å². The molecule has 1 aromatic heterocycles.